The van der Waals surface area contributed by atoms with E-state index in [0.29, 0.717) is 28.0 Å². The molecular formula is C21H20F2N2O4. The van der Waals surface area contributed by atoms with Crippen LogP contribution >= 0.6 is 0 Å². The van der Waals surface area contributed by atoms with Crippen molar-refractivity contribution in [2.45, 2.75) is 13.5 Å². The number of hydrogen-bond acceptors (Lipinski definition) is 6. The highest BCUT2D eigenvalue weighted by Gasteiger charge is 2.19. The van der Waals surface area contributed by atoms with Gasteiger partial charge in [-0.15, -0.1) is 0 Å². The highest BCUT2D eigenvalue weighted by atomic mass is 19.3. The summed E-state index contributed by atoms with van der Waals surface area (Å²) in [6, 6.07) is 13.5. The number of benzene rings is 2. The maximum atomic E-state index is 12.4. The number of esters is 1. The lowest BCUT2D eigenvalue weighted by Gasteiger charge is -2.10. The van der Waals surface area contributed by atoms with Crippen LogP contribution in [0.25, 0.3) is 6.08 Å². The minimum atomic E-state index is -1.77. The summed E-state index contributed by atoms with van der Waals surface area (Å²) in [5, 5.41) is 7.78. The fourth-order valence-electron chi connectivity index (χ4n) is 2.49. The average Bonchev–Trinajstić information content (AvgIpc) is 2.71. The van der Waals surface area contributed by atoms with Gasteiger partial charge in [-0.05, 0) is 24.1 Å². The summed E-state index contributed by atoms with van der Waals surface area (Å²) in [5.41, 5.74) is 2.64. The van der Waals surface area contributed by atoms with Crippen LogP contribution in [0.3, 0.4) is 0 Å². The Bertz CT molecular complexity index is 951. The lowest BCUT2D eigenvalue weighted by atomic mass is 10.0. The van der Waals surface area contributed by atoms with Gasteiger partial charge in [-0.25, -0.2) is 4.79 Å². The second-order valence-corrected chi connectivity index (χ2v) is 5.78. The second-order valence-electron chi connectivity index (χ2n) is 5.78. The van der Waals surface area contributed by atoms with Crippen LogP contribution in [0.2, 0.25) is 0 Å². The minimum absolute atomic E-state index is 0.00244. The zero-order valence-corrected chi connectivity index (χ0v) is 16.2. The molecule has 0 fully saturated rings. The zero-order valence-electron chi connectivity index (χ0n) is 16.2. The number of ether oxygens (including phenoxy) is 1. The second kappa shape index (κ2) is 10.7. The topological polar surface area (TPSA) is 69.5 Å². The van der Waals surface area contributed by atoms with Crippen LogP contribution in [-0.4, -0.2) is 31.6 Å². The highest BCUT2D eigenvalue weighted by molar-refractivity contribution is 6.43. The van der Waals surface area contributed by atoms with Gasteiger partial charge in [-0.1, -0.05) is 52.8 Å². The minimum Gasteiger partial charge on any atom is -0.464 e. The van der Waals surface area contributed by atoms with Crippen molar-refractivity contribution in [3.8, 4) is 0 Å². The van der Waals surface area contributed by atoms with Gasteiger partial charge in [0, 0.05) is 17.2 Å². The molecule has 0 N–H and O–H groups in total. The molecule has 2 aromatic carbocycles. The zero-order chi connectivity index (χ0) is 21.2. The Labute approximate surface area is 167 Å². The molecule has 29 heavy (non-hydrogen) atoms. The van der Waals surface area contributed by atoms with E-state index in [9.17, 15) is 13.6 Å². The molecule has 0 heterocycles. The first-order valence-corrected chi connectivity index (χ1v) is 8.53. The Kier molecular flexibility index (Phi) is 8.02. The van der Waals surface area contributed by atoms with Gasteiger partial charge in [0.15, 0.2) is 5.71 Å². The van der Waals surface area contributed by atoms with Gasteiger partial charge >= 0.3 is 5.97 Å². The Morgan fingerprint density at radius 3 is 2.52 bits per heavy atom. The predicted molar refractivity (Wildman–Crippen MR) is 106 cm³/mol. The lowest BCUT2D eigenvalue weighted by molar-refractivity contribution is -0.132. The molecule has 0 radical (unpaired) electrons. The Balaban J connectivity index is 2.19. The number of hydrogen-bond donors (Lipinski definition) is 0. The Hall–Kier alpha value is -3.55. The highest BCUT2D eigenvalue weighted by Crippen LogP contribution is 2.15. The monoisotopic (exact) mass is 402 g/mol. The first-order chi connectivity index (χ1) is 14.0. The van der Waals surface area contributed by atoms with Gasteiger partial charge in [0.05, 0.1) is 12.8 Å². The molecule has 0 bridgehead atoms. The van der Waals surface area contributed by atoms with Crippen LogP contribution in [0.1, 0.15) is 29.2 Å². The van der Waals surface area contributed by atoms with Crippen molar-refractivity contribution in [1.29, 1.82) is 0 Å². The molecule has 0 aliphatic heterocycles. The third-order valence-corrected chi connectivity index (χ3v) is 3.84. The van der Waals surface area contributed by atoms with Crippen molar-refractivity contribution in [2.24, 2.45) is 10.3 Å². The Morgan fingerprint density at radius 2 is 1.83 bits per heavy atom. The van der Waals surface area contributed by atoms with Crippen molar-refractivity contribution in [1.82, 2.24) is 0 Å². The van der Waals surface area contributed by atoms with Crippen LogP contribution in [-0.2, 0) is 25.8 Å². The van der Waals surface area contributed by atoms with Gasteiger partial charge < -0.3 is 14.4 Å². The van der Waals surface area contributed by atoms with Crippen LogP contribution in [0.15, 0.2) is 64.9 Å². The van der Waals surface area contributed by atoms with Crippen LogP contribution in [0, 0.1) is 0 Å². The van der Waals surface area contributed by atoms with Crippen LogP contribution in [0.4, 0.5) is 8.78 Å². The van der Waals surface area contributed by atoms with E-state index >= 15 is 0 Å². The molecule has 0 saturated heterocycles. The van der Waals surface area contributed by atoms with E-state index in [1.165, 1.54) is 14.2 Å². The summed E-state index contributed by atoms with van der Waals surface area (Å²) >= 11 is 0. The molecule has 2 aromatic rings. The molecular weight excluding hydrogens is 382 g/mol. The third-order valence-electron chi connectivity index (χ3n) is 3.84. The average molecular weight is 402 g/mol. The van der Waals surface area contributed by atoms with Crippen molar-refractivity contribution in [3.63, 3.8) is 0 Å². The van der Waals surface area contributed by atoms with E-state index in [0.717, 1.165) is 6.08 Å². The van der Waals surface area contributed by atoms with E-state index in [1.54, 1.807) is 55.5 Å². The first kappa shape index (κ1) is 21.7. The molecule has 2 rings (SSSR count). The molecule has 0 unspecified atom stereocenters. The quantitative estimate of drug-likeness (QED) is 0.373. The molecule has 152 valence electrons. The maximum Gasteiger partial charge on any atom is 0.360 e. The molecule has 6 nitrogen and oxygen atoms in total. The van der Waals surface area contributed by atoms with Gasteiger partial charge in [-0.3, -0.25) is 0 Å². The van der Waals surface area contributed by atoms with Crippen LogP contribution < -0.4 is 0 Å². The fraction of sp³-hybridized carbons (Fsp3) is 0.190. The maximum absolute atomic E-state index is 12.4. The molecule has 0 aliphatic carbocycles. The first-order valence-electron chi connectivity index (χ1n) is 8.53. The smallest absolute Gasteiger partial charge is 0.360 e. The molecule has 0 spiro atoms. The number of carbonyl (C=O) groups excluding carboxylic acids is 1. The number of methoxy groups -OCH3 is 1. The molecule has 8 heteroatoms. The summed E-state index contributed by atoms with van der Waals surface area (Å²) in [6.07, 6.45) is -0.999. The van der Waals surface area contributed by atoms with E-state index < -0.39 is 12.0 Å². The van der Waals surface area contributed by atoms with Gasteiger partial charge in [0.1, 0.15) is 13.7 Å². The van der Waals surface area contributed by atoms with Crippen LogP contribution in [0.5, 0.6) is 0 Å². The molecule has 0 aliphatic rings. The summed E-state index contributed by atoms with van der Waals surface area (Å²) in [7, 11) is 2.58. The Morgan fingerprint density at radius 1 is 1.07 bits per heavy atom. The number of nitrogens with zero attached hydrogens (tertiary/aromatic N) is 2. The van der Waals surface area contributed by atoms with Gasteiger partial charge in [-0.2, -0.15) is 8.78 Å². The number of carbonyl (C=O) groups is 1. The number of rotatable bonds is 8. The molecule has 0 atom stereocenters. The van der Waals surface area contributed by atoms with Gasteiger partial charge in [0.2, 0.25) is 0 Å². The molecule has 0 aromatic heterocycles. The van der Waals surface area contributed by atoms with Crippen molar-refractivity contribution < 1.29 is 28.0 Å². The van der Waals surface area contributed by atoms with Crippen molar-refractivity contribution in [3.05, 3.63) is 76.9 Å². The fourth-order valence-corrected chi connectivity index (χ4v) is 2.49. The third kappa shape index (κ3) is 6.24. The van der Waals surface area contributed by atoms with E-state index in [-0.39, 0.29) is 12.3 Å². The summed E-state index contributed by atoms with van der Waals surface area (Å²) in [5.74, 6) is -0.649. The van der Waals surface area contributed by atoms with E-state index in [4.69, 9.17) is 14.4 Å². The van der Waals surface area contributed by atoms with Crippen molar-refractivity contribution in [2.75, 3.05) is 14.2 Å². The predicted octanol–water partition coefficient (Wildman–Crippen LogP) is 4.39. The van der Waals surface area contributed by atoms with E-state index in [1.807, 2.05) is 0 Å². The normalized spacial score (nSPS) is 11.6. The van der Waals surface area contributed by atoms with Gasteiger partial charge in [0.25, 0.3) is 6.08 Å². The lowest BCUT2D eigenvalue weighted by Crippen LogP contribution is -2.19. The van der Waals surface area contributed by atoms with E-state index in [2.05, 4.69) is 10.3 Å². The number of halogens is 2. The van der Waals surface area contributed by atoms with Crippen molar-refractivity contribution >= 4 is 23.5 Å². The molecule has 0 saturated carbocycles. The number of oxime groups is 2. The standard InChI is InChI=1S/C21H20F2N2O4/c1-14(16-9-6-7-15(11-16)12-19(22)23)24-29-13-17-8-4-5-10-18(17)20(25-28-3)21(26)27-2/h4-12H,13H2,1-3H3/b24-14?,25-20+. The SMILES string of the molecule is CO/N=C(/C(=O)OC)c1ccccc1CON=C(C)c1cccc(C=C(F)F)c1. The largest absolute Gasteiger partial charge is 0.464 e. The summed E-state index contributed by atoms with van der Waals surface area (Å²) in [6.45, 7) is 1.75. The summed E-state index contributed by atoms with van der Waals surface area (Å²) < 4.78 is 29.6. The summed E-state index contributed by atoms with van der Waals surface area (Å²) in [4.78, 5) is 22.1. The molecule has 0 amide bonds.